The van der Waals surface area contributed by atoms with E-state index in [4.69, 9.17) is 5.11 Å². The van der Waals surface area contributed by atoms with Crippen LogP contribution < -0.4 is 0 Å². The lowest BCUT2D eigenvalue weighted by Crippen LogP contribution is -2.26. The van der Waals surface area contributed by atoms with Crippen LogP contribution in [0.3, 0.4) is 0 Å². The van der Waals surface area contributed by atoms with Crippen LogP contribution in [0.5, 0.6) is 5.75 Å². The van der Waals surface area contributed by atoms with Gasteiger partial charge in [0.2, 0.25) is 0 Å². The van der Waals surface area contributed by atoms with E-state index in [9.17, 15) is 5.11 Å². The summed E-state index contributed by atoms with van der Waals surface area (Å²) in [7, 11) is 0. The predicted octanol–water partition coefficient (Wildman–Crippen LogP) is 1.91. The lowest BCUT2D eigenvalue weighted by molar-refractivity contribution is 0.185. The van der Waals surface area contributed by atoms with Crippen molar-refractivity contribution in [3.8, 4) is 5.75 Å². The number of nitrogens with zero attached hydrogens (tertiary/aromatic N) is 1. The summed E-state index contributed by atoms with van der Waals surface area (Å²) in [6.45, 7) is 2.39. The fourth-order valence-electron chi connectivity index (χ4n) is 2.47. The van der Waals surface area contributed by atoms with Crippen LogP contribution in [0, 0.1) is 0 Å². The fourth-order valence-corrected chi connectivity index (χ4v) is 2.47. The summed E-state index contributed by atoms with van der Waals surface area (Å²) in [4.78, 5) is 2.39. The second-order valence-electron chi connectivity index (χ2n) is 4.37. The molecule has 1 unspecified atom stereocenters. The Morgan fingerprint density at radius 3 is 2.62 bits per heavy atom. The van der Waals surface area contributed by atoms with E-state index in [1.54, 1.807) is 12.1 Å². The molecule has 0 radical (unpaired) electrons. The fraction of sp³-hybridized carbons (Fsp3) is 0.538. The molecule has 1 heterocycles. The Bertz CT molecular complexity index is 334. The van der Waals surface area contributed by atoms with Crippen LogP contribution in [0.25, 0.3) is 0 Å². The molecule has 1 saturated heterocycles. The van der Waals surface area contributed by atoms with Crippen LogP contribution in [0.4, 0.5) is 0 Å². The Morgan fingerprint density at radius 1 is 1.25 bits per heavy atom. The zero-order valence-corrected chi connectivity index (χ0v) is 9.47. The van der Waals surface area contributed by atoms with Crippen molar-refractivity contribution >= 4 is 0 Å². The van der Waals surface area contributed by atoms with Crippen LogP contribution in [0.2, 0.25) is 0 Å². The Kier molecular flexibility index (Phi) is 3.80. The molecule has 0 aliphatic carbocycles. The van der Waals surface area contributed by atoms with Crippen molar-refractivity contribution < 1.29 is 10.2 Å². The van der Waals surface area contributed by atoms with Gasteiger partial charge >= 0.3 is 0 Å². The quantitative estimate of drug-likeness (QED) is 0.816. The van der Waals surface area contributed by atoms with Crippen molar-refractivity contribution in [2.24, 2.45) is 0 Å². The average Bonchev–Trinajstić information content (AvgIpc) is 2.79. The minimum absolute atomic E-state index is 0.191. The van der Waals surface area contributed by atoms with E-state index in [2.05, 4.69) is 4.90 Å². The molecule has 1 fully saturated rings. The van der Waals surface area contributed by atoms with Crippen LogP contribution >= 0.6 is 0 Å². The highest BCUT2D eigenvalue weighted by atomic mass is 16.3. The molecule has 3 heteroatoms. The second-order valence-corrected chi connectivity index (χ2v) is 4.37. The largest absolute Gasteiger partial charge is 0.508 e. The van der Waals surface area contributed by atoms with E-state index in [-0.39, 0.29) is 12.6 Å². The monoisotopic (exact) mass is 221 g/mol. The molecule has 1 aromatic carbocycles. The number of likely N-dealkylation sites (tertiary alicyclic amines) is 1. The van der Waals surface area contributed by atoms with Gasteiger partial charge in [0.25, 0.3) is 0 Å². The van der Waals surface area contributed by atoms with Gasteiger partial charge in [-0.2, -0.15) is 0 Å². The lowest BCUT2D eigenvalue weighted by atomic mass is 10.0. The summed E-state index contributed by atoms with van der Waals surface area (Å²) < 4.78 is 0. The smallest absolute Gasteiger partial charge is 0.115 e. The highest BCUT2D eigenvalue weighted by Gasteiger charge is 2.22. The van der Waals surface area contributed by atoms with Gasteiger partial charge in [-0.3, -0.25) is 4.90 Å². The predicted molar refractivity (Wildman–Crippen MR) is 63.4 cm³/mol. The van der Waals surface area contributed by atoms with Crippen molar-refractivity contribution in [3.05, 3.63) is 29.8 Å². The summed E-state index contributed by atoms with van der Waals surface area (Å²) in [6.07, 6.45) is 3.21. The molecule has 1 aliphatic heterocycles. The third-order valence-electron chi connectivity index (χ3n) is 3.24. The first-order valence-corrected chi connectivity index (χ1v) is 5.95. The molecular formula is C13H19NO2. The van der Waals surface area contributed by atoms with Gasteiger partial charge in [0.05, 0.1) is 0 Å². The molecule has 1 atom stereocenters. The zero-order chi connectivity index (χ0) is 11.4. The maximum Gasteiger partial charge on any atom is 0.115 e. The van der Waals surface area contributed by atoms with Gasteiger partial charge in [-0.05, 0) is 50.0 Å². The summed E-state index contributed by atoms with van der Waals surface area (Å²) in [5.74, 6) is 0.305. The normalized spacial score (nSPS) is 18.8. The molecule has 1 aliphatic rings. The highest BCUT2D eigenvalue weighted by molar-refractivity contribution is 5.29. The molecule has 16 heavy (non-hydrogen) atoms. The van der Waals surface area contributed by atoms with Crippen molar-refractivity contribution in [1.29, 1.82) is 0 Å². The zero-order valence-electron chi connectivity index (χ0n) is 9.47. The van der Waals surface area contributed by atoms with Crippen molar-refractivity contribution in [3.63, 3.8) is 0 Å². The number of benzene rings is 1. The van der Waals surface area contributed by atoms with Crippen molar-refractivity contribution in [2.45, 2.75) is 25.3 Å². The first kappa shape index (κ1) is 11.4. The Hall–Kier alpha value is -1.06. The molecule has 1 aromatic rings. The number of hydrogen-bond acceptors (Lipinski definition) is 3. The number of phenolic OH excluding ortho intramolecular Hbond substituents is 1. The number of hydrogen-bond donors (Lipinski definition) is 2. The average molecular weight is 221 g/mol. The summed E-state index contributed by atoms with van der Waals surface area (Å²) in [5.41, 5.74) is 1.11. The number of rotatable bonds is 4. The molecule has 2 N–H and O–H groups in total. The molecular weight excluding hydrogens is 202 g/mol. The molecule has 0 aromatic heterocycles. The summed E-state index contributed by atoms with van der Waals surface area (Å²) in [5, 5.41) is 18.6. The van der Waals surface area contributed by atoms with Gasteiger partial charge in [0, 0.05) is 12.6 Å². The maximum atomic E-state index is 9.49. The van der Waals surface area contributed by atoms with E-state index < -0.39 is 0 Å². The third-order valence-corrected chi connectivity index (χ3v) is 3.24. The van der Waals surface area contributed by atoms with Crippen molar-refractivity contribution in [1.82, 2.24) is 4.90 Å². The van der Waals surface area contributed by atoms with Crippen LogP contribution in [-0.2, 0) is 0 Å². The number of aliphatic hydroxyl groups excluding tert-OH is 1. The Labute approximate surface area is 96.3 Å². The molecule has 0 saturated carbocycles. The summed E-state index contributed by atoms with van der Waals surface area (Å²) in [6, 6.07) is 7.63. The van der Waals surface area contributed by atoms with Gasteiger partial charge in [-0.25, -0.2) is 0 Å². The lowest BCUT2D eigenvalue weighted by Gasteiger charge is -2.27. The Balaban J connectivity index is 2.17. The Morgan fingerprint density at radius 2 is 2.00 bits per heavy atom. The SMILES string of the molecule is OCCC(c1cccc(O)c1)N1CCCC1. The molecule has 0 spiro atoms. The van der Waals surface area contributed by atoms with E-state index >= 15 is 0 Å². The maximum absolute atomic E-state index is 9.49. The van der Waals surface area contributed by atoms with E-state index in [1.807, 2.05) is 12.1 Å². The molecule has 2 rings (SSSR count). The minimum Gasteiger partial charge on any atom is -0.508 e. The van der Waals surface area contributed by atoms with E-state index in [1.165, 1.54) is 12.8 Å². The molecule has 3 nitrogen and oxygen atoms in total. The second kappa shape index (κ2) is 5.32. The summed E-state index contributed by atoms with van der Waals surface area (Å²) >= 11 is 0. The van der Waals surface area contributed by atoms with Crippen LogP contribution in [0.15, 0.2) is 24.3 Å². The van der Waals surface area contributed by atoms with Gasteiger partial charge in [-0.1, -0.05) is 12.1 Å². The van der Waals surface area contributed by atoms with Gasteiger partial charge in [0.15, 0.2) is 0 Å². The van der Waals surface area contributed by atoms with Gasteiger partial charge in [0.1, 0.15) is 5.75 Å². The number of aliphatic hydroxyl groups is 1. The first-order chi connectivity index (χ1) is 7.81. The highest BCUT2D eigenvalue weighted by Crippen LogP contribution is 2.29. The van der Waals surface area contributed by atoms with Crippen LogP contribution in [0.1, 0.15) is 30.9 Å². The van der Waals surface area contributed by atoms with Gasteiger partial charge < -0.3 is 10.2 Å². The first-order valence-electron chi connectivity index (χ1n) is 5.95. The topological polar surface area (TPSA) is 43.7 Å². The molecule has 0 bridgehead atoms. The number of phenols is 1. The van der Waals surface area contributed by atoms with Crippen LogP contribution in [-0.4, -0.2) is 34.8 Å². The minimum atomic E-state index is 0.191. The van der Waals surface area contributed by atoms with Crippen molar-refractivity contribution in [2.75, 3.05) is 19.7 Å². The standard InChI is InChI=1S/C13H19NO2/c15-9-6-13(14-7-1-2-8-14)11-4-3-5-12(16)10-11/h3-5,10,13,15-16H,1-2,6-9H2. The van der Waals surface area contributed by atoms with Gasteiger partial charge in [-0.15, -0.1) is 0 Å². The van der Waals surface area contributed by atoms with E-state index in [0.717, 1.165) is 25.1 Å². The molecule has 88 valence electrons. The molecule has 0 amide bonds. The third kappa shape index (κ3) is 2.54. The van der Waals surface area contributed by atoms with E-state index in [0.29, 0.717) is 5.75 Å². The number of aromatic hydroxyl groups is 1.